The van der Waals surface area contributed by atoms with Crippen molar-refractivity contribution in [2.45, 2.75) is 55.5 Å². The van der Waals surface area contributed by atoms with Crippen LogP contribution in [0.5, 0.6) is 0 Å². The monoisotopic (exact) mass is 642 g/mol. The van der Waals surface area contributed by atoms with E-state index in [1.165, 1.54) is 30.3 Å². The van der Waals surface area contributed by atoms with Gasteiger partial charge in [-0.1, -0.05) is 56.3 Å². The van der Waals surface area contributed by atoms with Gasteiger partial charge in [0, 0.05) is 12.6 Å². The van der Waals surface area contributed by atoms with Gasteiger partial charge in [0.25, 0.3) is 5.60 Å². The Morgan fingerprint density at radius 3 is 1.68 bits per heavy atom. The number of halogens is 11. The molecule has 0 aliphatic rings. The van der Waals surface area contributed by atoms with Crippen LogP contribution in [-0.4, -0.2) is 47.6 Å². The summed E-state index contributed by atoms with van der Waals surface area (Å²) >= 11 is 0. The molecule has 15 heteroatoms. The first kappa shape index (κ1) is 34.8. The summed E-state index contributed by atoms with van der Waals surface area (Å²) in [6.45, 7) is 1.14. The van der Waals surface area contributed by atoms with E-state index in [4.69, 9.17) is 0 Å². The maximum absolute atomic E-state index is 14.7. The van der Waals surface area contributed by atoms with Gasteiger partial charge in [0.05, 0.1) is 11.0 Å². The summed E-state index contributed by atoms with van der Waals surface area (Å²) in [7, 11) is 0. The van der Waals surface area contributed by atoms with E-state index in [1.807, 2.05) is 5.32 Å². The number of carbonyl (C=O) groups excluding carboxylic acids is 1. The number of alkyl halides is 9. The second kappa shape index (κ2) is 12.3. The number of amides is 1. The lowest BCUT2D eigenvalue weighted by atomic mass is 9.69. The summed E-state index contributed by atoms with van der Waals surface area (Å²) in [5.41, 5.74) is -9.89. The fourth-order valence-corrected chi connectivity index (χ4v) is 4.79. The topological polar surface area (TPSA) is 61.4 Å². The molecule has 44 heavy (non-hydrogen) atoms. The van der Waals surface area contributed by atoms with Crippen LogP contribution in [0.3, 0.4) is 0 Å². The Morgan fingerprint density at radius 1 is 0.705 bits per heavy atom. The normalized spacial score (nSPS) is 15.2. The van der Waals surface area contributed by atoms with E-state index >= 15 is 0 Å². The SMILES string of the molecule is CC(C)N[C@H](C(=O)NCC(c1ccccc1)(c1ccc(F)cc1)c1cc(F)cc(C(F)(F)F)c1)C(O)(C(F)(F)F)C(F)(F)F. The molecule has 0 saturated carbocycles. The molecular weight excluding hydrogens is 617 g/mol. The van der Waals surface area contributed by atoms with Crippen LogP contribution in [-0.2, 0) is 16.4 Å². The van der Waals surface area contributed by atoms with Crippen LogP contribution in [0.2, 0.25) is 0 Å². The molecule has 0 aliphatic carbocycles. The maximum Gasteiger partial charge on any atom is 0.428 e. The highest BCUT2D eigenvalue weighted by molar-refractivity contribution is 5.84. The summed E-state index contributed by atoms with van der Waals surface area (Å²) in [5, 5.41) is 13.7. The van der Waals surface area contributed by atoms with Crippen LogP contribution >= 0.6 is 0 Å². The van der Waals surface area contributed by atoms with Crippen LogP contribution < -0.4 is 10.6 Å². The molecule has 3 aromatic rings. The first-order valence-corrected chi connectivity index (χ1v) is 12.7. The van der Waals surface area contributed by atoms with Gasteiger partial charge in [0.1, 0.15) is 17.7 Å². The molecule has 0 saturated heterocycles. The zero-order valence-electron chi connectivity index (χ0n) is 22.8. The smallest absolute Gasteiger partial charge is 0.372 e. The molecule has 4 nitrogen and oxygen atoms in total. The molecule has 240 valence electrons. The van der Waals surface area contributed by atoms with Crippen molar-refractivity contribution < 1.29 is 58.2 Å². The Kier molecular flexibility index (Phi) is 9.76. The Hall–Kier alpha value is -3.72. The minimum absolute atomic E-state index is 0.000839. The highest BCUT2D eigenvalue weighted by Crippen LogP contribution is 2.46. The molecule has 0 fully saturated rings. The van der Waals surface area contributed by atoms with Crippen molar-refractivity contribution in [1.29, 1.82) is 0 Å². The lowest BCUT2D eigenvalue weighted by molar-refractivity contribution is -0.373. The number of hydrogen-bond donors (Lipinski definition) is 3. The molecule has 3 rings (SSSR count). The molecule has 0 spiro atoms. The van der Waals surface area contributed by atoms with Crippen molar-refractivity contribution in [3.63, 3.8) is 0 Å². The van der Waals surface area contributed by atoms with Crippen LogP contribution in [0.4, 0.5) is 48.3 Å². The van der Waals surface area contributed by atoms with Gasteiger partial charge < -0.3 is 15.7 Å². The molecule has 1 unspecified atom stereocenters. The standard InChI is InChI=1S/C29H25F11N2O2/c1-16(2)42-23(26(44,28(35,36)37)29(38,39)40)24(43)41-15-25(17-6-4-3-5-7-17,18-8-10-21(30)11-9-18)19-12-20(27(32,33)34)14-22(31)13-19/h3-14,16,23,42,44H,15H2,1-2H3,(H,41,43)/t23-,25?/m1/s1. The van der Waals surface area contributed by atoms with Crippen molar-refractivity contribution in [3.05, 3.63) is 107 Å². The summed E-state index contributed by atoms with van der Waals surface area (Å²) in [4.78, 5) is 13.3. The van der Waals surface area contributed by atoms with Crippen molar-refractivity contribution in [1.82, 2.24) is 10.6 Å². The van der Waals surface area contributed by atoms with Gasteiger partial charge in [-0.25, -0.2) is 8.78 Å². The zero-order valence-corrected chi connectivity index (χ0v) is 22.8. The van der Waals surface area contributed by atoms with E-state index in [0.29, 0.717) is 12.1 Å². The second-order valence-electron chi connectivity index (χ2n) is 10.2. The largest absolute Gasteiger partial charge is 0.428 e. The van der Waals surface area contributed by atoms with Gasteiger partial charge in [-0.05, 0) is 47.0 Å². The van der Waals surface area contributed by atoms with E-state index in [9.17, 15) is 58.2 Å². The molecule has 0 heterocycles. The highest BCUT2D eigenvalue weighted by atomic mass is 19.4. The zero-order chi connectivity index (χ0) is 33.3. The summed E-state index contributed by atoms with van der Waals surface area (Å²) in [6.07, 6.45) is -18.0. The molecule has 0 aromatic heterocycles. The minimum atomic E-state index is -6.42. The Morgan fingerprint density at radius 2 is 1.20 bits per heavy atom. The van der Waals surface area contributed by atoms with Crippen LogP contribution in [0.1, 0.15) is 36.1 Å². The fourth-order valence-electron chi connectivity index (χ4n) is 4.79. The van der Waals surface area contributed by atoms with Crippen LogP contribution in [0.25, 0.3) is 0 Å². The van der Waals surface area contributed by atoms with Gasteiger partial charge in [0.2, 0.25) is 5.91 Å². The fraction of sp³-hybridized carbons (Fsp3) is 0.345. The highest BCUT2D eigenvalue weighted by Gasteiger charge is 2.75. The maximum atomic E-state index is 14.7. The molecule has 0 bridgehead atoms. The number of aliphatic hydroxyl groups is 1. The van der Waals surface area contributed by atoms with E-state index in [2.05, 4.69) is 0 Å². The van der Waals surface area contributed by atoms with Crippen molar-refractivity contribution >= 4 is 5.91 Å². The lowest BCUT2D eigenvalue weighted by Crippen LogP contribution is -2.72. The number of carbonyl (C=O) groups is 1. The third-order valence-electron chi connectivity index (χ3n) is 6.89. The van der Waals surface area contributed by atoms with Crippen LogP contribution in [0.15, 0.2) is 72.8 Å². The Labute approximate surface area is 243 Å². The van der Waals surface area contributed by atoms with Crippen LogP contribution in [0, 0.1) is 11.6 Å². The first-order valence-electron chi connectivity index (χ1n) is 12.7. The first-order chi connectivity index (χ1) is 20.1. The van der Waals surface area contributed by atoms with E-state index < -0.39 is 76.8 Å². The van der Waals surface area contributed by atoms with Gasteiger partial charge in [-0.2, -0.15) is 39.5 Å². The molecule has 2 atom stereocenters. The molecule has 3 N–H and O–H groups in total. The third-order valence-corrected chi connectivity index (χ3v) is 6.89. The van der Waals surface area contributed by atoms with Crippen molar-refractivity contribution in [2.75, 3.05) is 6.54 Å². The summed E-state index contributed by atoms with van der Waals surface area (Å²) < 4.78 is 153. The van der Waals surface area contributed by atoms with Gasteiger partial charge >= 0.3 is 18.5 Å². The second-order valence-corrected chi connectivity index (χ2v) is 10.2. The van der Waals surface area contributed by atoms with E-state index in [-0.39, 0.29) is 17.2 Å². The third kappa shape index (κ3) is 6.83. The predicted octanol–water partition coefficient (Wildman–Crippen LogP) is 6.66. The number of rotatable bonds is 9. The molecule has 1 amide bonds. The average Bonchev–Trinajstić information content (AvgIpc) is 2.91. The van der Waals surface area contributed by atoms with Gasteiger partial charge in [-0.3, -0.25) is 4.79 Å². The molecular formula is C29H25F11N2O2. The summed E-state index contributed by atoms with van der Waals surface area (Å²) in [6, 6.07) is 7.37. The van der Waals surface area contributed by atoms with Gasteiger partial charge in [0.15, 0.2) is 0 Å². The number of nitrogens with one attached hydrogen (secondary N) is 2. The van der Waals surface area contributed by atoms with Crippen molar-refractivity contribution in [3.8, 4) is 0 Å². The Bertz CT molecular complexity index is 1420. The van der Waals surface area contributed by atoms with E-state index in [0.717, 1.165) is 38.1 Å². The summed E-state index contributed by atoms with van der Waals surface area (Å²) in [5.74, 6) is -4.27. The lowest BCUT2D eigenvalue weighted by Gasteiger charge is -2.40. The number of benzene rings is 3. The Balaban J connectivity index is 2.31. The molecule has 0 aliphatic heterocycles. The van der Waals surface area contributed by atoms with E-state index in [1.54, 1.807) is 5.32 Å². The minimum Gasteiger partial charge on any atom is -0.372 e. The molecule has 0 radical (unpaired) electrons. The average molecular weight is 643 g/mol. The molecule has 3 aromatic carbocycles. The number of hydrogen-bond acceptors (Lipinski definition) is 3. The van der Waals surface area contributed by atoms with Gasteiger partial charge in [-0.15, -0.1) is 0 Å². The quantitative estimate of drug-likeness (QED) is 0.181. The predicted molar refractivity (Wildman–Crippen MR) is 136 cm³/mol. The van der Waals surface area contributed by atoms with Crippen molar-refractivity contribution in [2.24, 2.45) is 0 Å².